The van der Waals surface area contributed by atoms with E-state index in [9.17, 15) is 14.7 Å². The highest BCUT2D eigenvalue weighted by molar-refractivity contribution is 6.46. The number of rotatable bonds is 10. The number of nitrogens with zero attached hydrogens (tertiary/aromatic N) is 2. The van der Waals surface area contributed by atoms with Crippen molar-refractivity contribution in [3.63, 3.8) is 0 Å². The number of amides is 1. The minimum Gasteiger partial charge on any atom is -0.507 e. The Bertz CT molecular complexity index is 1170. The fraction of sp³-hybridized carbons (Fsp3) is 0.448. The molecule has 0 saturated carbocycles. The number of likely N-dealkylation sites (tertiary alicyclic amines) is 1. The van der Waals surface area contributed by atoms with Crippen molar-refractivity contribution in [3.05, 3.63) is 59.2 Å². The SMILES string of the molecule is COc1ccc(OC)c([C@H]2C(=C(O)c3ccc(OC(C)C)cc3)C(=O)C(=O)N2CCCN2CCOCC2)c1. The molecule has 2 aliphatic rings. The number of aliphatic hydroxyl groups excluding tert-OH is 1. The average Bonchev–Trinajstić information content (AvgIpc) is 3.18. The van der Waals surface area contributed by atoms with Gasteiger partial charge in [0.2, 0.25) is 0 Å². The molecule has 204 valence electrons. The van der Waals surface area contributed by atoms with Crippen LogP contribution in [0.2, 0.25) is 0 Å². The first-order valence-electron chi connectivity index (χ1n) is 12.9. The third-order valence-electron chi connectivity index (χ3n) is 6.75. The van der Waals surface area contributed by atoms with Crippen molar-refractivity contribution in [2.24, 2.45) is 0 Å². The van der Waals surface area contributed by atoms with Crippen LogP contribution in [0, 0.1) is 0 Å². The van der Waals surface area contributed by atoms with Crippen molar-refractivity contribution in [2.75, 3.05) is 53.6 Å². The number of benzene rings is 2. The highest BCUT2D eigenvalue weighted by Crippen LogP contribution is 2.44. The maximum absolute atomic E-state index is 13.4. The van der Waals surface area contributed by atoms with E-state index in [-0.39, 0.29) is 17.4 Å². The average molecular weight is 525 g/mol. The van der Waals surface area contributed by atoms with Crippen LogP contribution in [0.15, 0.2) is 48.0 Å². The van der Waals surface area contributed by atoms with Gasteiger partial charge in [-0.3, -0.25) is 14.5 Å². The van der Waals surface area contributed by atoms with Crippen LogP contribution in [-0.4, -0.2) is 86.3 Å². The maximum atomic E-state index is 13.4. The zero-order valence-electron chi connectivity index (χ0n) is 22.4. The molecule has 1 amide bonds. The Labute approximate surface area is 223 Å². The van der Waals surface area contributed by atoms with Gasteiger partial charge in [0, 0.05) is 37.3 Å². The van der Waals surface area contributed by atoms with E-state index in [1.165, 1.54) is 12.0 Å². The zero-order valence-corrected chi connectivity index (χ0v) is 22.4. The van der Waals surface area contributed by atoms with Crippen molar-refractivity contribution in [2.45, 2.75) is 32.4 Å². The standard InChI is InChI=1S/C29H36N2O7/c1-19(2)38-21-8-6-20(7-9-21)27(32)25-26(23-18-22(35-3)10-11-24(23)36-4)31(29(34)28(25)33)13-5-12-30-14-16-37-17-15-30/h6-11,18-19,26,32H,5,12-17H2,1-4H3/t26-/m0/s1. The fourth-order valence-electron chi connectivity index (χ4n) is 4.90. The highest BCUT2D eigenvalue weighted by Gasteiger charge is 2.47. The van der Waals surface area contributed by atoms with Gasteiger partial charge in [-0.1, -0.05) is 0 Å². The lowest BCUT2D eigenvalue weighted by Gasteiger charge is -2.29. The van der Waals surface area contributed by atoms with Gasteiger partial charge in [0.25, 0.3) is 11.7 Å². The number of ether oxygens (including phenoxy) is 4. The van der Waals surface area contributed by atoms with Crippen molar-refractivity contribution in [1.29, 1.82) is 0 Å². The number of carbonyl (C=O) groups excluding carboxylic acids is 2. The summed E-state index contributed by atoms with van der Waals surface area (Å²) >= 11 is 0. The lowest BCUT2D eigenvalue weighted by atomic mass is 9.94. The topological polar surface area (TPSA) is 97.8 Å². The third-order valence-corrected chi connectivity index (χ3v) is 6.75. The monoisotopic (exact) mass is 524 g/mol. The van der Waals surface area contributed by atoms with Crippen LogP contribution < -0.4 is 14.2 Å². The van der Waals surface area contributed by atoms with E-state index in [1.54, 1.807) is 49.6 Å². The molecule has 0 bridgehead atoms. The van der Waals surface area contributed by atoms with Gasteiger partial charge in [-0.15, -0.1) is 0 Å². The van der Waals surface area contributed by atoms with E-state index in [0.29, 0.717) is 54.6 Å². The smallest absolute Gasteiger partial charge is 0.295 e. The second kappa shape index (κ2) is 12.3. The van der Waals surface area contributed by atoms with Gasteiger partial charge in [-0.05, 0) is 62.7 Å². The first-order chi connectivity index (χ1) is 18.3. The first-order valence-corrected chi connectivity index (χ1v) is 12.9. The summed E-state index contributed by atoms with van der Waals surface area (Å²) in [7, 11) is 3.08. The minimum absolute atomic E-state index is 0.00207. The van der Waals surface area contributed by atoms with Gasteiger partial charge in [-0.25, -0.2) is 0 Å². The molecule has 2 aromatic carbocycles. The van der Waals surface area contributed by atoms with E-state index in [2.05, 4.69) is 4.90 Å². The number of methoxy groups -OCH3 is 2. The molecule has 0 spiro atoms. The van der Waals surface area contributed by atoms with Crippen molar-refractivity contribution in [1.82, 2.24) is 9.80 Å². The molecule has 38 heavy (non-hydrogen) atoms. The molecule has 0 aliphatic carbocycles. The first kappa shape index (κ1) is 27.5. The molecule has 1 atom stereocenters. The largest absolute Gasteiger partial charge is 0.507 e. The summed E-state index contributed by atoms with van der Waals surface area (Å²) in [5.74, 6) is 0.0582. The second-order valence-electron chi connectivity index (χ2n) is 9.60. The Morgan fingerprint density at radius 3 is 2.32 bits per heavy atom. The number of carbonyl (C=O) groups is 2. The predicted octanol–water partition coefficient (Wildman–Crippen LogP) is 3.64. The summed E-state index contributed by atoms with van der Waals surface area (Å²) in [6.07, 6.45) is 0.662. The molecule has 1 N–H and O–H groups in total. The molecule has 0 radical (unpaired) electrons. The number of aliphatic hydroxyl groups is 1. The van der Waals surface area contributed by atoms with E-state index < -0.39 is 17.7 Å². The lowest BCUT2D eigenvalue weighted by molar-refractivity contribution is -0.140. The normalized spacial score (nSPS) is 19.7. The van der Waals surface area contributed by atoms with E-state index in [1.807, 2.05) is 13.8 Å². The summed E-state index contributed by atoms with van der Waals surface area (Å²) in [5, 5.41) is 11.4. The van der Waals surface area contributed by atoms with Gasteiger partial charge < -0.3 is 29.0 Å². The Morgan fingerprint density at radius 1 is 1.00 bits per heavy atom. The Morgan fingerprint density at radius 2 is 1.68 bits per heavy atom. The lowest BCUT2D eigenvalue weighted by Crippen LogP contribution is -2.39. The van der Waals surface area contributed by atoms with Gasteiger partial charge in [0.1, 0.15) is 23.0 Å². The number of morpholine rings is 1. The van der Waals surface area contributed by atoms with Crippen LogP contribution in [0.5, 0.6) is 17.2 Å². The molecular formula is C29H36N2O7. The Hall–Kier alpha value is -3.56. The van der Waals surface area contributed by atoms with Gasteiger partial charge >= 0.3 is 0 Å². The van der Waals surface area contributed by atoms with E-state index >= 15 is 0 Å². The second-order valence-corrected chi connectivity index (χ2v) is 9.60. The van der Waals surface area contributed by atoms with Crippen LogP contribution in [-0.2, 0) is 14.3 Å². The number of hydrogen-bond donors (Lipinski definition) is 1. The number of hydrogen-bond acceptors (Lipinski definition) is 8. The molecule has 2 heterocycles. The molecule has 2 fully saturated rings. The molecule has 9 nitrogen and oxygen atoms in total. The van der Waals surface area contributed by atoms with E-state index in [0.717, 1.165) is 19.6 Å². The third kappa shape index (κ3) is 5.95. The summed E-state index contributed by atoms with van der Waals surface area (Å²) in [5.41, 5.74) is 1.00. The van der Waals surface area contributed by atoms with Crippen molar-refractivity contribution in [3.8, 4) is 17.2 Å². The molecular weight excluding hydrogens is 488 g/mol. The summed E-state index contributed by atoms with van der Waals surface area (Å²) in [6.45, 7) is 8.01. The van der Waals surface area contributed by atoms with E-state index in [4.69, 9.17) is 18.9 Å². The Kier molecular flexibility index (Phi) is 8.91. The molecule has 2 saturated heterocycles. The summed E-state index contributed by atoms with van der Waals surface area (Å²) < 4.78 is 22.2. The summed E-state index contributed by atoms with van der Waals surface area (Å²) in [4.78, 5) is 30.6. The van der Waals surface area contributed by atoms with Crippen LogP contribution in [0.25, 0.3) is 5.76 Å². The number of Topliss-reactive ketones (excluding diaryl/α,β-unsaturated/α-hetero) is 1. The molecule has 2 aromatic rings. The van der Waals surface area contributed by atoms with Gasteiger partial charge in [0.15, 0.2) is 0 Å². The van der Waals surface area contributed by atoms with Crippen LogP contribution >= 0.6 is 0 Å². The van der Waals surface area contributed by atoms with Gasteiger partial charge in [-0.2, -0.15) is 0 Å². The van der Waals surface area contributed by atoms with Crippen molar-refractivity contribution < 1.29 is 33.6 Å². The highest BCUT2D eigenvalue weighted by atomic mass is 16.5. The fourth-order valence-corrected chi connectivity index (χ4v) is 4.90. The Balaban J connectivity index is 1.73. The molecule has 0 unspecified atom stereocenters. The van der Waals surface area contributed by atoms with Gasteiger partial charge in [0.05, 0.1) is 45.2 Å². The van der Waals surface area contributed by atoms with Crippen LogP contribution in [0.4, 0.5) is 0 Å². The maximum Gasteiger partial charge on any atom is 0.295 e. The van der Waals surface area contributed by atoms with Crippen molar-refractivity contribution >= 4 is 17.4 Å². The number of ketones is 1. The minimum atomic E-state index is -0.837. The predicted molar refractivity (Wildman–Crippen MR) is 143 cm³/mol. The molecule has 0 aromatic heterocycles. The molecule has 9 heteroatoms. The zero-order chi connectivity index (χ0) is 27.2. The van der Waals surface area contributed by atoms with Crippen LogP contribution in [0.1, 0.15) is 37.4 Å². The molecule has 2 aliphatic heterocycles. The summed E-state index contributed by atoms with van der Waals surface area (Å²) in [6, 6.07) is 11.2. The molecule has 4 rings (SSSR count). The quantitative estimate of drug-likeness (QED) is 0.286. The van der Waals surface area contributed by atoms with Crippen LogP contribution in [0.3, 0.4) is 0 Å².